The Labute approximate surface area is 169 Å². The van der Waals surface area contributed by atoms with Crippen molar-refractivity contribution < 1.29 is 18.3 Å². The van der Waals surface area contributed by atoms with Crippen molar-refractivity contribution in [2.24, 2.45) is 4.99 Å². The summed E-state index contributed by atoms with van der Waals surface area (Å²) in [7, 11) is 0. The highest BCUT2D eigenvalue weighted by molar-refractivity contribution is 5.82. The Morgan fingerprint density at radius 2 is 2.07 bits per heavy atom. The summed E-state index contributed by atoms with van der Waals surface area (Å²) in [5, 5.41) is 3.39. The SMILES string of the molecule is CC(C)(C)OC(=O)N1CCN2C(NCC3(c4ccc(F)cc4F)CC3)=NCC2C1. The second kappa shape index (κ2) is 7.15. The van der Waals surface area contributed by atoms with E-state index in [9.17, 15) is 13.6 Å². The average Bonchev–Trinajstić information content (AvgIpc) is 3.30. The van der Waals surface area contributed by atoms with Gasteiger partial charge in [0.05, 0.1) is 12.6 Å². The zero-order valence-corrected chi connectivity index (χ0v) is 17.2. The molecule has 1 aromatic carbocycles. The van der Waals surface area contributed by atoms with Crippen LogP contribution in [0, 0.1) is 11.6 Å². The summed E-state index contributed by atoms with van der Waals surface area (Å²) in [6.07, 6.45) is 1.44. The molecule has 0 spiro atoms. The van der Waals surface area contributed by atoms with E-state index in [4.69, 9.17) is 4.74 Å². The van der Waals surface area contributed by atoms with Gasteiger partial charge in [0.1, 0.15) is 17.2 Å². The van der Waals surface area contributed by atoms with E-state index < -0.39 is 17.2 Å². The van der Waals surface area contributed by atoms with Gasteiger partial charge in [-0.1, -0.05) is 6.07 Å². The van der Waals surface area contributed by atoms with Gasteiger partial charge < -0.3 is 19.9 Å². The minimum Gasteiger partial charge on any atom is -0.444 e. The fraction of sp³-hybridized carbons (Fsp3) is 0.619. The molecule has 1 saturated heterocycles. The van der Waals surface area contributed by atoms with Crippen molar-refractivity contribution in [3.63, 3.8) is 0 Å². The van der Waals surface area contributed by atoms with E-state index in [-0.39, 0.29) is 17.6 Å². The number of halogens is 2. The highest BCUT2D eigenvalue weighted by Crippen LogP contribution is 2.48. The first-order valence-electron chi connectivity index (χ1n) is 10.2. The predicted octanol–water partition coefficient (Wildman–Crippen LogP) is 2.88. The molecule has 2 heterocycles. The molecule has 158 valence electrons. The van der Waals surface area contributed by atoms with E-state index >= 15 is 0 Å². The Hall–Kier alpha value is -2.38. The topological polar surface area (TPSA) is 57.2 Å². The van der Waals surface area contributed by atoms with E-state index in [0.29, 0.717) is 38.3 Å². The third kappa shape index (κ3) is 4.16. The van der Waals surface area contributed by atoms with Gasteiger partial charge in [-0.15, -0.1) is 0 Å². The van der Waals surface area contributed by atoms with Gasteiger partial charge in [0.15, 0.2) is 5.96 Å². The molecule has 2 fully saturated rings. The number of carbonyl (C=O) groups excluding carboxylic acids is 1. The van der Waals surface area contributed by atoms with Crippen LogP contribution in [-0.4, -0.2) is 66.2 Å². The second-order valence-corrected chi connectivity index (χ2v) is 9.20. The molecule has 0 bridgehead atoms. The highest BCUT2D eigenvalue weighted by Gasteiger charge is 2.47. The van der Waals surface area contributed by atoms with Gasteiger partial charge in [-0.2, -0.15) is 0 Å². The van der Waals surface area contributed by atoms with Gasteiger partial charge in [-0.25, -0.2) is 13.6 Å². The quantitative estimate of drug-likeness (QED) is 0.839. The van der Waals surface area contributed by atoms with Gasteiger partial charge in [-0.3, -0.25) is 4.99 Å². The first-order chi connectivity index (χ1) is 13.7. The number of benzene rings is 1. The van der Waals surface area contributed by atoms with Crippen LogP contribution in [0.5, 0.6) is 0 Å². The first-order valence-corrected chi connectivity index (χ1v) is 10.2. The van der Waals surface area contributed by atoms with Crippen LogP contribution in [0.2, 0.25) is 0 Å². The largest absolute Gasteiger partial charge is 0.444 e. The first kappa shape index (κ1) is 19.9. The molecule has 3 aliphatic rings. The molecule has 0 aromatic heterocycles. The number of nitrogens with zero attached hydrogens (tertiary/aromatic N) is 3. The molecular weight excluding hydrogens is 378 g/mol. The monoisotopic (exact) mass is 406 g/mol. The normalized spacial score (nSPS) is 22.8. The molecular formula is C21H28F2N4O2. The molecule has 1 aliphatic carbocycles. The van der Waals surface area contributed by atoms with Crippen molar-refractivity contribution >= 4 is 12.1 Å². The minimum absolute atomic E-state index is 0.122. The van der Waals surface area contributed by atoms with E-state index in [2.05, 4.69) is 15.2 Å². The van der Waals surface area contributed by atoms with Crippen LogP contribution in [0.25, 0.3) is 0 Å². The van der Waals surface area contributed by atoms with Gasteiger partial charge in [0, 0.05) is 37.7 Å². The van der Waals surface area contributed by atoms with Crippen molar-refractivity contribution in [3.8, 4) is 0 Å². The molecule has 1 saturated carbocycles. The third-order valence-electron chi connectivity index (χ3n) is 5.80. The molecule has 1 aromatic rings. The number of hydrogen-bond donors (Lipinski definition) is 1. The number of carbonyl (C=O) groups is 1. The molecule has 4 rings (SSSR count). The molecule has 1 unspecified atom stereocenters. The lowest BCUT2D eigenvalue weighted by Gasteiger charge is -2.39. The van der Waals surface area contributed by atoms with Crippen molar-refractivity contribution in [2.45, 2.75) is 50.7 Å². The molecule has 2 aliphatic heterocycles. The number of nitrogens with one attached hydrogen (secondary N) is 1. The molecule has 29 heavy (non-hydrogen) atoms. The molecule has 8 heteroatoms. The number of rotatable bonds is 3. The number of aliphatic imine (C=N–C) groups is 1. The summed E-state index contributed by atoms with van der Waals surface area (Å²) in [4.78, 5) is 20.9. The number of fused-ring (bicyclic) bond motifs is 1. The number of piperazine rings is 1. The van der Waals surface area contributed by atoms with Crippen molar-refractivity contribution in [1.29, 1.82) is 0 Å². The Morgan fingerprint density at radius 1 is 1.31 bits per heavy atom. The fourth-order valence-corrected chi connectivity index (χ4v) is 4.08. The summed E-state index contributed by atoms with van der Waals surface area (Å²) in [6.45, 7) is 8.57. The van der Waals surface area contributed by atoms with Crippen LogP contribution in [0.3, 0.4) is 0 Å². The van der Waals surface area contributed by atoms with Crippen LogP contribution in [0.1, 0.15) is 39.2 Å². The van der Waals surface area contributed by atoms with Gasteiger partial charge in [-0.05, 0) is 45.2 Å². The van der Waals surface area contributed by atoms with Crippen LogP contribution in [-0.2, 0) is 10.2 Å². The Kier molecular flexibility index (Phi) is 4.91. The van der Waals surface area contributed by atoms with Gasteiger partial charge >= 0.3 is 6.09 Å². The van der Waals surface area contributed by atoms with Gasteiger partial charge in [0.25, 0.3) is 0 Å². The van der Waals surface area contributed by atoms with E-state index in [1.165, 1.54) is 6.07 Å². The predicted molar refractivity (Wildman–Crippen MR) is 106 cm³/mol. The lowest BCUT2D eigenvalue weighted by atomic mass is 9.95. The molecule has 1 N–H and O–H groups in total. The van der Waals surface area contributed by atoms with Crippen LogP contribution in [0.4, 0.5) is 13.6 Å². The smallest absolute Gasteiger partial charge is 0.410 e. The maximum absolute atomic E-state index is 14.2. The van der Waals surface area contributed by atoms with Crippen molar-refractivity contribution in [1.82, 2.24) is 15.1 Å². The van der Waals surface area contributed by atoms with Crippen molar-refractivity contribution in [3.05, 3.63) is 35.4 Å². The second-order valence-electron chi connectivity index (χ2n) is 9.20. The summed E-state index contributed by atoms with van der Waals surface area (Å²) in [5.41, 5.74) is -0.241. The van der Waals surface area contributed by atoms with Crippen LogP contribution in [0.15, 0.2) is 23.2 Å². The number of guanidine groups is 1. The zero-order valence-electron chi connectivity index (χ0n) is 17.2. The summed E-state index contributed by atoms with van der Waals surface area (Å²) in [6, 6.07) is 3.95. The maximum atomic E-state index is 14.2. The number of ether oxygens (including phenoxy) is 1. The zero-order chi connectivity index (χ0) is 20.8. The number of amides is 1. The Bertz CT molecular complexity index is 832. The maximum Gasteiger partial charge on any atom is 0.410 e. The Morgan fingerprint density at radius 3 is 2.72 bits per heavy atom. The standard InChI is InChI=1S/C21H28F2N4O2/c1-20(2,3)29-19(28)26-8-9-27-15(12-26)11-24-18(27)25-13-21(6-7-21)16-5-4-14(22)10-17(16)23/h4-5,10,15H,6-9,11-13H2,1-3H3,(H,24,25). The average molecular weight is 406 g/mol. The van der Waals surface area contributed by atoms with Gasteiger partial charge in [0.2, 0.25) is 0 Å². The molecule has 1 atom stereocenters. The van der Waals surface area contributed by atoms with E-state index in [1.54, 1.807) is 11.0 Å². The molecule has 6 nitrogen and oxygen atoms in total. The van der Waals surface area contributed by atoms with E-state index in [0.717, 1.165) is 24.9 Å². The minimum atomic E-state index is -0.555. The fourth-order valence-electron chi connectivity index (χ4n) is 4.08. The summed E-state index contributed by atoms with van der Waals surface area (Å²) < 4.78 is 32.9. The van der Waals surface area contributed by atoms with Crippen molar-refractivity contribution in [2.75, 3.05) is 32.7 Å². The highest BCUT2D eigenvalue weighted by atomic mass is 19.1. The van der Waals surface area contributed by atoms with Crippen LogP contribution < -0.4 is 5.32 Å². The molecule has 0 radical (unpaired) electrons. The summed E-state index contributed by atoms with van der Waals surface area (Å²) in [5.74, 6) is -0.241. The van der Waals surface area contributed by atoms with Crippen LogP contribution >= 0.6 is 0 Å². The van der Waals surface area contributed by atoms with E-state index in [1.807, 2.05) is 20.8 Å². The molecule has 1 amide bonds. The third-order valence-corrected chi connectivity index (χ3v) is 5.80. The Balaban J connectivity index is 1.34. The lowest BCUT2D eigenvalue weighted by Crippen LogP contribution is -2.58. The lowest BCUT2D eigenvalue weighted by molar-refractivity contribution is 0.0137. The number of hydrogen-bond acceptors (Lipinski definition) is 5. The summed E-state index contributed by atoms with van der Waals surface area (Å²) >= 11 is 0.